The lowest BCUT2D eigenvalue weighted by Gasteiger charge is -2.39. The maximum absolute atomic E-state index is 13.8. The van der Waals surface area contributed by atoms with Crippen LogP contribution >= 0.6 is 15.9 Å². The molecule has 5 rings (SSSR count). The van der Waals surface area contributed by atoms with Crippen molar-refractivity contribution in [2.75, 3.05) is 5.32 Å². The summed E-state index contributed by atoms with van der Waals surface area (Å²) >= 11 is 3.38. The van der Waals surface area contributed by atoms with Gasteiger partial charge in [0, 0.05) is 22.0 Å². The summed E-state index contributed by atoms with van der Waals surface area (Å²) in [6.07, 6.45) is 1.97. The van der Waals surface area contributed by atoms with Gasteiger partial charge in [0.05, 0.1) is 28.1 Å². The van der Waals surface area contributed by atoms with E-state index in [-0.39, 0.29) is 16.7 Å². The van der Waals surface area contributed by atoms with Crippen LogP contribution < -0.4 is 5.32 Å². The first kappa shape index (κ1) is 26.0. The van der Waals surface area contributed by atoms with Crippen LogP contribution in [0.2, 0.25) is 0 Å². The van der Waals surface area contributed by atoms with Gasteiger partial charge in [-0.25, -0.2) is 4.79 Å². The highest BCUT2D eigenvalue weighted by Crippen LogP contribution is 2.71. The van der Waals surface area contributed by atoms with E-state index in [0.29, 0.717) is 27.8 Å². The fraction of sp³-hybridized carbons (Fsp3) is 0.300. The van der Waals surface area contributed by atoms with Crippen molar-refractivity contribution in [1.29, 1.82) is 0 Å². The minimum absolute atomic E-state index is 0.0489. The maximum atomic E-state index is 13.8. The van der Waals surface area contributed by atoms with Gasteiger partial charge in [-0.05, 0) is 82.7 Å². The fourth-order valence-electron chi connectivity index (χ4n) is 5.77. The van der Waals surface area contributed by atoms with E-state index in [2.05, 4.69) is 57.4 Å². The molecule has 2 fully saturated rings. The molecule has 8 heteroatoms. The number of amides is 1. The molecule has 0 aromatic heterocycles. The molecule has 2 unspecified atom stereocenters. The second-order valence-electron chi connectivity index (χ2n) is 10.6. The molecule has 2 bridgehead atoms. The summed E-state index contributed by atoms with van der Waals surface area (Å²) in [5, 5.41) is 15.9. The largest absolute Gasteiger partial charge is 0.366 e. The molecule has 3 aromatic carbocycles. The van der Waals surface area contributed by atoms with Gasteiger partial charge in [-0.3, -0.25) is 4.79 Å². The monoisotopic (exact) mass is 572 g/mol. The standard InChI is InChI=1S/C30H29BrN4O3/c1-28(2)29(3)17-18-30(28,19-25(29)35-38-26(36)23-11-7-8-12-24(23)31)27(37)32-20-13-15-22(16-14-20)34-33-21-9-5-4-6-10-21/h4-16H,17-19H2,1-3H3,(H,32,37). The van der Waals surface area contributed by atoms with Gasteiger partial charge in [-0.2, -0.15) is 10.2 Å². The molecule has 2 aliphatic carbocycles. The van der Waals surface area contributed by atoms with Gasteiger partial charge < -0.3 is 10.2 Å². The number of anilines is 1. The normalized spacial score (nSPS) is 24.6. The Labute approximate surface area is 230 Å². The lowest BCUT2D eigenvalue weighted by Crippen LogP contribution is -2.43. The van der Waals surface area contributed by atoms with Crippen LogP contribution in [0.25, 0.3) is 0 Å². The number of carbonyl (C=O) groups is 2. The van der Waals surface area contributed by atoms with Crippen LogP contribution in [0.3, 0.4) is 0 Å². The second-order valence-corrected chi connectivity index (χ2v) is 11.5. The number of benzene rings is 3. The molecule has 194 valence electrons. The number of rotatable bonds is 6. The third-order valence-electron chi connectivity index (χ3n) is 8.66. The Morgan fingerprint density at radius 3 is 2.16 bits per heavy atom. The Morgan fingerprint density at radius 1 is 0.842 bits per heavy atom. The summed E-state index contributed by atoms with van der Waals surface area (Å²) in [6, 6.07) is 23.9. The summed E-state index contributed by atoms with van der Waals surface area (Å²) in [5.41, 5.74) is 1.92. The molecule has 1 amide bonds. The summed E-state index contributed by atoms with van der Waals surface area (Å²) in [4.78, 5) is 31.8. The van der Waals surface area contributed by atoms with Crippen molar-refractivity contribution in [1.82, 2.24) is 0 Å². The molecule has 2 saturated carbocycles. The zero-order valence-corrected chi connectivity index (χ0v) is 23.2. The minimum atomic E-state index is -0.661. The molecule has 3 aromatic rings. The van der Waals surface area contributed by atoms with Crippen LogP contribution in [0.15, 0.2) is 98.7 Å². The molecular weight excluding hydrogens is 544 g/mol. The number of hydrogen-bond donors (Lipinski definition) is 1. The summed E-state index contributed by atoms with van der Waals surface area (Å²) in [7, 11) is 0. The first-order valence-electron chi connectivity index (χ1n) is 12.6. The van der Waals surface area contributed by atoms with Gasteiger partial charge in [0.25, 0.3) is 0 Å². The molecule has 38 heavy (non-hydrogen) atoms. The van der Waals surface area contributed by atoms with Crippen LogP contribution in [0, 0.1) is 16.2 Å². The van der Waals surface area contributed by atoms with Gasteiger partial charge >= 0.3 is 5.97 Å². The minimum Gasteiger partial charge on any atom is -0.326 e. The predicted molar refractivity (Wildman–Crippen MR) is 151 cm³/mol. The molecule has 0 radical (unpaired) electrons. The third kappa shape index (κ3) is 4.36. The first-order chi connectivity index (χ1) is 18.2. The Balaban J connectivity index is 1.31. The number of carbonyl (C=O) groups excluding carboxylic acids is 2. The molecular formula is C30H29BrN4O3. The molecule has 0 aliphatic heterocycles. The topological polar surface area (TPSA) is 92.5 Å². The van der Waals surface area contributed by atoms with Crippen LogP contribution in [-0.2, 0) is 9.63 Å². The molecule has 7 nitrogen and oxygen atoms in total. The predicted octanol–water partition coefficient (Wildman–Crippen LogP) is 8.23. The van der Waals surface area contributed by atoms with Crippen molar-refractivity contribution in [3.05, 3.63) is 88.9 Å². The van der Waals surface area contributed by atoms with E-state index in [0.717, 1.165) is 24.2 Å². The SMILES string of the molecule is CC12CCC(C(=O)Nc3ccc(N=Nc4ccccc4)cc3)(CC1=NOC(=O)c1ccccc1Br)C2(C)C. The van der Waals surface area contributed by atoms with Crippen molar-refractivity contribution in [3.63, 3.8) is 0 Å². The quantitative estimate of drug-likeness (QED) is 0.183. The summed E-state index contributed by atoms with van der Waals surface area (Å²) in [6.45, 7) is 6.35. The third-order valence-corrected chi connectivity index (χ3v) is 9.35. The lowest BCUT2D eigenvalue weighted by molar-refractivity contribution is -0.130. The van der Waals surface area contributed by atoms with Crippen LogP contribution in [0.4, 0.5) is 17.1 Å². The maximum Gasteiger partial charge on any atom is 0.366 e. The van der Waals surface area contributed by atoms with Crippen LogP contribution in [-0.4, -0.2) is 17.6 Å². The number of nitrogens with zero attached hydrogens (tertiary/aromatic N) is 3. The van der Waals surface area contributed by atoms with Gasteiger partial charge in [0.15, 0.2) is 0 Å². The zero-order chi connectivity index (χ0) is 27.0. The highest BCUT2D eigenvalue weighted by Gasteiger charge is 2.71. The van der Waals surface area contributed by atoms with E-state index >= 15 is 0 Å². The summed E-state index contributed by atoms with van der Waals surface area (Å²) in [5.74, 6) is -0.579. The molecule has 2 aliphatic rings. The molecule has 0 heterocycles. The van der Waals surface area contributed by atoms with Crippen molar-refractivity contribution in [3.8, 4) is 0 Å². The van der Waals surface area contributed by atoms with E-state index in [1.807, 2.05) is 60.7 Å². The highest BCUT2D eigenvalue weighted by atomic mass is 79.9. The number of fused-ring (bicyclic) bond motifs is 2. The van der Waals surface area contributed by atoms with E-state index in [1.165, 1.54) is 0 Å². The Bertz CT molecular complexity index is 1440. The lowest BCUT2D eigenvalue weighted by atomic mass is 9.64. The Hall–Kier alpha value is -3.65. The molecule has 1 N–H and O–H groups in total. The van der Waals surface area contributed by atoms with E-state index in [1.54, 1.807) is 18.2 Å². The Kier molecular flexibility index (Phi) is 6.77. The van der Waals surface area contributed by atoms with Gasteiger partial charge in [0.2, 0.25) is 5.91 Å². The fourth-order valence-corrected chi connectivity index (χ4v) is 6.21. The van der Waals surface area contributed by atoms with Crippen LogP contribution in [0.1, 0.15) is 50.4 Å². The average Bonchev–Trinajstić information content (AvgIpc) is 3.23. The summed E-state index contributed by atoms with van der Waals surface area (Å²) < 4.78 is 0.646. The zero-order valence-electron chi connectivity index (χ0n) is 21.6. The van der Waals surface area contributed by atoms with E-state index in [4.69, 9.17) is 4.84 Å². The number of halogens is 1. The van der Waals surface area contributed by atoms with Gasteiger partial charge in [-0.15, -0.1) is 0 Å². The van der Waals surface area contributed by atoms with Crippen molar-refractivity contribution in [2.45, 2.75) is 40.0 Å². The Morgan fingerprint density at radius 2 is 1.47 bits per heavy atom. The number of hydrogen-bond acceptors (Lipinski definition) is 6. The van der Waals surface area contributed by atoms with E-state index < -0.39 is 11.4 Å². The molecule has 2 atom stereocenters. The molecule has 0 spiro atoms. The average molecular weight is 573 g/mol. The van der Waals surface area contributed by atoms with Gasteiger partial charge in [0.1, 0.15) is 0 Å². The highest BCUT2D eigenvalue weighted by molar-refractivity contribution is 9.10. The van der Waals surface area contributed by atoms with Crippen LogP contribution in [0.5, 0.6) is 0 Å². The first-order valence-corrected chi connectivity index (χ1v) is 13.4. The van der Waals surface area contributed by atoms with Gasteiger partial charge in [-0.1, -0.05) is 56.3 Å². The van der Waals surface area contributed by atoms with Crippen molar-refractivity contribution >= 4 is 50.6 Å². The molecule has 0 saturated heterocycles. The van der Waals surface area contributed by atoms with E-state index in [9.17, 15) is 9.59 Å². The van der Waals surface area contributed by atoms with Crippen molar-refractivity contribution < 1.29 is 14.4 Å². The number of oxime groups is 1. The number of azo groups is 1. The smallest absolute Gasteiger partial charge is 0.326 e. The number of nitrogens with one attached hydrogen (secondary N) is 1. The van der Waals surface area contributed by atoms with Crippen molar-refractivity contribution in [2.24, 2.45) is 31.6 Å². The second kappa shape index (κ2) is 9.91.